The van der Waals surface area contributed by atoms with Crippen molar-refractivity contribution in [2.24, 2.45) is 0 Å². The zero-order valence-electron chi connectivity index (χ0n) is 17.9. The average Bonchev–Trinajstić information content (AvgIpc) is 3.13. The molecule has 0 unspecified atom stereocenters. The topological polar surface area (TPSA) is 54.0 Å². The third-order valence-corrected chi connectivity index (χ3v) is 5.87. The first-order chi connectivity index (χ1) is 14.5. The molecule has 31 heavy (non-hydrogen) atoms. The van der Waals surface area contributed by atoms with Crippen LogP contribution < -0.4 is 9.97 Å². The monoisotopic (exact) mass is 585 g/mol. The van der Waals surface area contributed by atoms with E-state index in [1.54, 1.807) is 0 Å². The Kier molecular flexibility index (Phi) is 5.68. The average molecular weight is 586 g/mol. The zero-order chi connectivity index (χ0) is 20.8. The van der Waals surface area contributed by atoms with Crippen LogP contribution in [0.3, 0.4) is 0 Å². The number of nitrogens with zero attached hydrogens (tertiary/aromatic N) is 4. The molecule has 8 bridgehead atoms. The van der Waals surface area contributed by atoms with Gasteiger partial charge in [-0.05, 0) is 52.0 Å². The molecule has 5 heterocycles. The molecule has 5 aromatic rings. The van der Waals surface area contributed by atoms with E-state index in [4.69, 9.17) is 19.9 Å². The molecule has 5 rings (SSSR count). The van der Waals surface area contributed by atoms with Crippen molar-refractivity contribution in [1.82, 2.24) is 19.9 Å². The summed E-state index contributed by atoms with van der Waals surface area (Å²) in [5.74, 6) is 0. The number of rotatable bonds is 0. The van der Waals surface area contributed by atoms with E-state index in [0.717, 1.165) is 66.4 Å². The Bertz CT molecular complexity index is 1320. The zero-order valence-corrected chi connectivity index (χ0v) is 20.2. The van der Waals surface area contributed by atoms with Crippen molar-refractivity contribution in [1.29, 1.82) is 0 Å². The van der Waals surface area contributed by atoms with E-state index < -0.39 is 0 Å². The molecule has 0 radical (unpaired) electrons. The summed E-state index contributed by atoms with van der Waals surface area (Å²) in [6.45, 7) is 8.42. The molecule has 0 saturated heterocycles. The number of pyridine rings is 2. The van der Waals surface area contributed by atoms with E-state index in [9.17, 15) is 0 Å². The molecule has 0 atom stereocenters. The predicted molar refractivity (Wildman–Crippen MR) is 124 cm³/mol. The summed E-state index contributed by atoms with van der Waals surface area (Å²) < 4.78 is 0. The van der Waals surface area contributed by atoms with Crippen molar-refractivity contribution in [2.75, 3.05) is 0 Å². The SMILES string of the molecule is Cc1c(C)c2cc3cccc(cc4[n-]c(cc5cccc(cc1[n-]2)n5)c(C)c4C)n3.[Pt+2]. The summed E-state index contributed by atoms with van der Waals surface area (Å²) in [6, 6.07) is 20.3. The number of fused-ring (bicyclic) bond motifs is 8. The maximum atomic E-state index is 4.86. The Morgan fingerprint density at radius 3 is 1.00 bits per heavy atom. The Morgan fingerprint density at radius 2 is 0.742 bits per heavy atom. The van der Waals surface area contributed by atoms with E-state index in [0.29, 0.717) is 0 Å². The van der Waals surface area contributed by atoms with Crippen LogP contribution in [-0.2, 0) is 21.1 Å². The number of aryl methyl sites for hydroxylation is 4. The molecule has 0 aliphatic carbocycles. The van der Waals surface area contributed by atoms with Gasteiger partial charge in [-0.15, -0.1) is 22.1 Å². The van der Waals surface area contributed by atoms with Crippen LogP contribution in [0.2, 0.25) is 0 Å². The van der Waals surface area contributed by atoms with Gasteiger partial charge in [0.25, 0.3) is 0 Å². The van der Waals surface area contributed by atoms with Gasteiger partial charge in [-0.25, -0.2) is 9.97 Å². The van der Waals surface area contributed by atoms with Crippen molar-refractivity contribution in [3.05, 3.63) is 82.9 Å². The Morgan fingerprint density at radius 1 is 0.484 bits per heavy atom. The molecule has 0 N–H and O–H groups in total. The summed E-state index contributed by atoms with van der Waals surface area (Å²) >= 11 is 0. The van der Waals surface area contributed by atoms with Gasteiger partial charge in [0.05, 0.1) is 22.1 Å². The van der Waals surface area contributed by atoms with Crippen LogP contribution in [-0.4, -0.2) is 9.97 Å². The molecule has 0 aliphatic rings. The molecule has 0 saturated carbocycles. The summed E-state index contributed by atoms with van der Waals surface area (Å²) in [5, 5.41) is 0. The number of hydrogen-bond donors (Lipinski definition) is 0. The molecule has 0 fully saturated rings. The quantitative estimate of drug-likeness (QED) is 0.227. The van der Waals surface area contributed by atoms with E-state index in [-0.39, 0.29) is 21.1 Å². The van der Waals surface area contributed by atoms with Crippen molar-refractivity contribution in [2.45, 2.75) is 27.7 Å². The fourth-order valence-electron chi connectivity index (χ4n) is 3.75. The molecular weight excluding hydrogens is 563 g/mol. The molecular formula is C26H22N4Pt. The molecule has 0 aromatic carbocycles. The van der Waals surface area contributed by atoms with Crippen LogP contribution in [0.25, 0.3) is 44.1 Å². The summed E-state index contributed by atoms with van der Waals surface area (Å²) in [7, 11) is 0. The molecule has 156 valence electrons. The third kappa shape index (κ3) is 4.00. The van der Waals surface area contributed by atoms with Gasteiger partial charge in [-0.2, -0.15) is 0 Å². The second-order valence-corrected chi connectivity index (χ2v) is 7.82. The van der Waals surface area contributed by atoms with Crippen molar-refractivity contribution in [3.8, 4) is 0 Å². The summed E-state index contributed by atoms with van der Waals surface area (Å²) in [6.07, 6.45) is 0. The van der Waals surface area contributed by atoms with Crippen LogP contribution in [0.4, 0.5) is 0 Å². The minimum atomic E-state index is 0. The van der Waals surface area contributed by atoms with Crippen LogP contribution in [0.15, 0.2) is 60.7 Å². The van der Waals surface area contributed by atoms with Gasteiger partial charge in [0.2, 0.25) is 0 Å². The van der Waals surface area contributed by atoms with E-state index >= 15 is 0 Å². The Hall–Kier alpha value is -2.97. The minimum absolute atomic E-state index is 0. The normalized spacial score (nSPS) is 11.0. The maximum Gasteiger partial charge on any atom is 2.00 e. The summed E-state index contributed by atoms with van der Waals surface area (Å²) in [4.78, 5) is 19.3. The van der Waals surface area contributed by atoms with Crippen molar-refractivity contribution < 1.29 is 21.1 Å². The fraction of sp³-hybridized carbons (Fsp3) is 0.154. The molecule has 5 heteroatoms. The molecule has 5 aromatic heterocycles. The Labute approximate surface area is 195 Å². The van der Waals surface area contributed by atoms with Gasteiger partial charge in [0.1, 0.15) is 0 Å². The van der Waals surface area contributed by atoms with Gasteiger partial charge in [0.15, 0.2) is 0 Å². The first kappa shape index (κ1) is 21.3. The third-order valence-electron chi connectivity index (χ3n) is 5.87. The van der Waals surface area contributed by atoms with E-state index in [2.05, 4.69) is 27.7 Å². The molecule has 0 aliphatic heterocycles. The standard InChI is InChI=1S/C26H22N4.Pt/c1-15-16(2)24-12-20-8-6-10-22(28-20)14-26-18(4)17(3)25(30-26)13-21-9-5-7-19(27-21)11-23(15)29-24;/h5-14H,1-4H3;/q-2;+2. The van der Waals surface area contributed by atoms with Crippen molar-refractivity contribution >= 4 is 44.1 Å². The van der Waals surface area contributed by atoms with Crippen LogP contribution >= 0.6 is 0 Å². The summed E-state index contributed by atoms with van der Waals surface area (Å²) in [5.41, 5.74) is 12.0. The van der Waals surface area contributed by atoms with E-state index in [1.807, 2.05) is 60.7 Å². The second kappa shape index (κ2) is 8.28. The van der Waals surface area contributed by atoms with Crippen molar-refractivity contribution in [3.63, 3.8) is 0 Å². The maximum absolute atomic E-state index is 4.86. The largest absolute Gasteiger partial charge is 2.00 e. The van der Waals surface area contributed by atoms with Gasteiger partial charge < -0.3 is 9.97 Å². The van der Waals surface area contributed by atoms with Crippen LogP contribution in [0.5, 0.6) is 0 Å². The van der Waals surface area contributed by atoms with Gasteiger partial charge in [-0.1, -0.05) is 58.7 Å². The predicted octanol–water partition coefficient (Wildman–Crippen LogP) is 5.92. The smallest absolute Gasteiger partial charge is 0.657 e. The second-order valence-electron chi connectivity index (χ2n) is 7.82. The minimum Gasteiger partial charge on any atom is -0.657 e. The van der Waals surface area contributed by atoms with Gasteiger partial charge in [-0.3, -0.25) is 0 Å². The number of hydrogen-bond acceptors (Lipinski definition) is 2. The van der Waals surface area contributed by atoms with Crippen LogP contribution in [0.1, 0.15) is 22.3 Å². The first-order valence-electron chi connectivity index (χ1n) is 10.1. The number of aromatic nitrogens is 4. The Balaban J connectivity index is 0.00000231. The van der Waals surface area contributed by atoms with E-state index in [1.165, 1.54) is 0 Å². The fourth-order valence-corrected chi connectivity index (χ4v) is 3.75. The molecule has 4 nitrogen and oxygen atoms in total. The first-order valence-corrected chi connectivity index (χ1v) is 10.1. The van der Waals surface area contributed by atoms with Gasteiger partial charge in [0, 0.05) is 0 Å². The molecule has 0 amide bonds. The molecule has 0 spiro atoms. The van der Waals surface area contributed by atoms with Gasteiger partial charge >= 0.3 is 21.1 Å². The van der Waals surface area contributed by atoms with Crippen LogP contribution in [0, 0.1) is 27.7 Å².